The topological polar surface area (TPSA) is 63.4 Å². The van der Waals surface area contributed by atoms with Gasteiger partial charge in [-0.2, -0.15) is 4.31 Å². The van der Waals surface area contributed by atoms with Crippen LogP contribution >= 0.6 is 0 Å². The van der Waals surface area contributed by atoms with Gasteiger partial charge in [-0.1, -0.05) is 38.3 Å². The number of rotatable bonds is 4. The Labute approximate surface area is 115 Å². The van der Waals surface area contributed by atoms with E-state index in [-0.39, 0.29) is 10.9 Å². The van der Waals surface area contributed by atoms with Gasteiger partial charge in [-0.25, -0.2) is 8.42 Å². The van der Waals surface area contributed by atoms with Gasteiger partial charge in [-0.15, -0.1) is 0 Å². The van der Waals surface area contributed by atoms with Gasteiger partial charge in [0, 0.05) is 12.6 Å². The molecule has 0 bridgehead atoms. The minimum Gasteiger partial charge on any atom is -0.398 e. The summed E-state index contributed by atoms with van der Waals surface area (Å²) in [5.41, 5.74) is 6.15. The van der Waals surface area contributed by atoms with Crippen molar-refractivity contribution in [2.45, 2.75) is 50.0 Å². The van der Waals surface area contributed by atoms with Crippen LogP contribution in [0.4, 0.5) is 5.69 Å². The SMILES string of the molecule is CCN(C1CCCCC1)S(=O)(=O)c1ccccc1N. The summed E-state index contributed by atoms with van der Waals surface area (Å²) in [6.45, 7) is 2.40. The number of nitrogens with two attached hydrogens (primary N) is 1. The van der Waals surface area contributed by atoms with E-state index in [0.29, 0.717) is 12.2 Å². The van der Waals surface area contributed by atoms with Crippen molar-refractivity contribution in [3.63, 3.8) is 0 Å². The minimum absolute atomic E-state index is 0.128. The zero-order valence-electron chi connectivity index (χ0n) is 11.4. The highest BCUT2D eigenvalue weighted by Crippen LogP contribution is 2.29. The number of nitrogens with zero attached hydrogens (tertiary/aromatic N) is 1. The van der Waals surface area contributed by atoms with Crippen LogP contribution in [0.15, 0.2) is 29.2 Å². The Morgan fingerprint density at radius 3 is 2.42 bits per heavy atom. The molecule has 1 aliphatic carbocycles. The van der Waals surface area contributed by atoms with Gasteiger partial charge in [0.25, 0.3) is 0 Å². The van der Waals surface area contributed by atoms with Gasteiger partial charge in [0.05, 0.1) is 5.69 Å². The average molecular weight is 282 g/mol. The Morgan fingerprint density at radius 2 is 1.84 bits per heavy atom. The van der Waals surface area contributed by atoms with E-state index in [9.17, 15) is 8.42 Å². The fourth-order valence-electron chi connectivity index (χ4n) is 2.84. The molecule has 0 aromatic heterocycles. The third-order valence-corrected chi connectivity index (χ3v) is 5.90. The van der Waals surface area contributed by atoms with Crippen molar-refractivity contribution >= 4 is 15.7 Å². The number of anilines is 1. The van der Waals surface area contributed by atoms with Crippen molar-refractivity contribution in [2.24, 2.45) is 0 Å². The molecule has 106 valence electrons. The summed E-state index contributed by atoms with van der Waals surface area (Å²) in [7, 11) is -3.47. The standard InChI is InChI=1S/C14H22N2O2S/c1-2-16(12-8-4-3-5-9-12)19(17,18)14-11-7-6-10-13(14)15/h6-7,10-12H,2-5,8-9,15H2,1H3. The van der Waals surface area contributed by atoms with E-state index < -0.39 is 10.0 Å². The van der Waals surface area contributed by atoms with E-state index >= 15 is 0 Å². The van der Waals surface area contributed by atoms with Crippen molar-refractivity contribution in [1.29, 1.82) is 0 Å². The van der Waals surface area contributed by atoms with Crippen molar-refractivity contribution < 1.29 is 8.42 Å². The van der Waals surface area contributed by atoms with Gasteiger partial charge in [0.2, 0.25) is 10.0 Å². The third-order valence-electron chi connectivity index (χ3n) is 3.80. The van der Waals surface area contributed by atoms with E-state index in [1.165, 1.54) is 6.42 Å². The maximum atomic E-state index is 12.7. The summed E-state index contributed by atoms with van der Waals surface area (Å²) in [5, 5.41) is 0. The van der Waals surface area contributed by atoms with Crippen LogP contribution in [0.5, 0.6) is 0 Å². The summed E-state index contributed by atoms with van der Waals surface area (Å²) >= 11 is 0. The molecule has 1 fully saturated rings. The van der Waals surface area contributed by atoms with Gasteiger partial charge in [0.15, 0.2) is 0 Å². The highest BCUT2D eigenvalue weighted by molar-refractivity contribution is 7.89. The summed E-state index contributed by atoms with van der Waals surface area (Å²) < 4.78 is 27.1. The van der Waals surface area contributed by atoms with E-state index in [1.807, 2.05) is 6.92 Å². The minimum atomic E-state index is -3.47. The highest BCUT2D eigenvalue weighted by Gasteiger charge is 2.31. The van der Waals surface area contributed by atoms with Crippen LogP contribution in [0.3, 0.4) is 0 Å². The quantitative estimate of drug-likeness (QED) is 0.863. The van der Waals surface area contributed by atoms with E-state index in [1.54, 1.807) is 28.6 Å². The van der Waals surface area contributed by atoms with E-state index in [2.05, 4.69) is 0 Å². The fraction of sp³-hybridized carbons (Fsp3) is 0.571. The number of hydrogen-bond donors (Lipinski definition) is 1. The molecule has 0 saturated heterocycles. The first kappa shape index (κ1) is 14.3. The molecule has 5 heteroatoms. The van der Waals surface area contributed by atoms with Crippen LogP contribution in [0, 0.1) is 0 Å². The van der Waals surface area contributed by atoms with Gasteiger partial charge in [0.1, 0.15) is 4.90 Å². The third kappa shape index (κ3) is 2.92. The number of sulfonamides is 1. The van der Waals surface area contributed by atoms with Crippen LogP contribution in [0.25, 0.3) is 0 Å². The van der Waals surface area contributed by atoms with Gasteiger partial charge in [-0.05, 0) is 25.0 Å². The molecule has 1 aliphatic rings. The lowest BCUT2D eigenvalue weighted by Crippen LogP contribution is -2.41. The first-order valence-corrected chi connectivity index (χ1v) is 8.37. The van der Waals surface area contributed by atoms with Crippen LogP contribution in [-0.4, -0.2) is 25.3 Å². The van der Waals surface area contributed by atoms with Crippen LogP contribution in [0.2, 0.25) is 0 Å². The van der Waals surface area contributed by atoms with E-state index in [0.717, 1.165) is 25.7 Å². The van der Waals surface area contributed by atoms with Gasteiger partial charge >= 0.3 is 0 Å². The summed E-state index contributed by atoms with van der Waals surface area (Å²) in [6, 6.07) is 6.84. The number of nitrogen functional groups attached to an aromatic ring is 1. The second-order valence-electron chi connectivity index (χ2n) is 5.04. The smallest absolute Gasteiger partial charge is 0.245 e. The summed E-state index contributed by atoms with van der Waals surface area (Å²) in [5.74, 6) is 0. The van der Waals surface area contributed by atoms with Crippen LogP contribution in [-0.2, 0) is 10.0 Å². The molecule has 0 amide bonds. The molecule has 2 rings (SSSR count). The lowest BCUT2D eigenvalue weighted by molar-refractivity contribution is 0.261. The normalized spacial score (nSPS) is 17.8. The second kappa shape index (κ2) is 5.92. The fourth-order valence-corrected chi connectivity index (χ4v) is 4.65. The Morgan fingerprint density at radius 1 is 1.21 bits per heavy atom. The van der Waals surface area contributed by atoms with E-state index in [4.69, 9.17) is 5.73 Å². The average Bonchev–Trinajstić information content (AvgIpc) is 2.40. The molecule has 19 heavy (non-hydrogen) atoms. The predicted molar refractivity (Wildman–Crippen MR) is 77.3 cm³/mol. The molecule has 0 aliphatic heterocycles. The Kier molecular flexibility index (Phi) is 4.47. The second-order valence-corrected chi connectivity index (χ2v) is 6.90. The predicted octanol–water partition coefficient (Wildman–Crippen LogP) is 2.61. The summed E-state index contributed by atoms with van der Waals surface area (Å²) in [4.78, 5) is 0.238. The van der Waals surface area contributed by atoms with Gasteiger partial charge < -0.3 is 5.73 Å². The number of benzene rings is 1. The van der Waals surface area contributed by atoms with Crippen molar-refractivity contribution in [2.75, 3.05) is 12.3 Å². The van der Waals surface area contributed by atoms with Crippen molar-refractivity contribution in [3.8, 4) is 0 Å². The molecular formula is C14H22N2O2S. The van der Waals surface area contributed by atoms with Crippen LogP contribution in [0.1, 0.15) is 39.0 Å². The molecule has 4 nitrogen and oxygen atoms in total. The molecule has 1 aromatic rings. The lowest BCUT2D eigenvalue weighted by atomic mass is 9.95. The zero-order chi connectivity index (χ0) is 13.9. The Hall–Kier alpha value is -1.07. The summed E-state index contributed by atoms with van der Waals surface area (Å²) in [6.07, 6.45) is 5.35. The molecule has 0 radical (unpaired) electrons. The van der Waals surface area contributed by atoms with Crippen molar-refractivity contribution in [3.05, 3.63) is 24.3 Å². The Bertz CT molecular complexity index is 522. The molecule has 1 saturated carbocycles. The number of para-hydroxylation sites is 1. The molecule has 2 N–H and O–H groups in total. The lowest BCUT2D eigenvalue weighted by Gasteiger charge is -2.32. The number of hydrogen-bond acceptors (Lipinski definition) is 3. The van der Waals surface area contributed by atoms with Crippen molar-refractivity contribution in [1.82, 2.24) is 4.31 Å². The van der Waals surface area contributed by atoms with Gasteiger partial charge in [-0.3, -0.25) is 0 Å². The molecule has 0 atom stereocenters. The molecule has 0 spiro atoms. The maximum absolute atomic E-state index is 12.7. The molecule has 0 heterocycles. The first-order valence-electron chi connectivity index (χ1n) is 6.93. The monoisotopic (exact) mass is 282 g/mol. The Balaban J connectivity index is 2.33. The largest absolute Gasteiger partial charge is 0.398 e. The zero-order valence-corrected chi connectivity index (χ0v) is 12.2. The molecule has 1 aromatic carbocycles. The maximum Gasteiger partial charge on any atom is 0.245 e. The highest BCUT2D eigenvalue weighted by atomic mass is 32.2. The first-order chi connectivity index (χ1) is 9.07. The van der Waals surface area contributed by atoms with Crippen LogP contribution < -0.4 is 5.73 Å². The molecular weight excluding hydrogens is 260 g/mol. The molecule has 0 unspecified atom stereocenters.